The summed E-state index contributed by atoms with van der Waals surface area (Å²) in [5, 5.41) is 2.92. The van der Waals surface area contributed by atoms with Crippen LogP contribution in [0, 0.1) is 5.92 Å². The van der Waals surface area contributed by atoms with E-state index in [0.717, 1.165) is 54.9 Å². The third kappa shape index (κ3) is 3.72. The van der Waals surface area contributed by atoms with E-state index in [1.165, 1.54) is 5.56 Å². The molecule has 0 spiro atoms. The largest absolute Gasteiger partial charge is 0.487 e. The van der Waals surface area contributed by atoms with Crippen molar-refractivity contribution in [1.82, 2.24) is 4.90 Å². The zero-order valence-electron chi connectivity index (χ0n) is 17.6. The average Bonchev–Trinajstić information content (AvgIpc) is 3.33. The van der Waals surface area contributed by atoms with Crippen molar-refractivity contribution < 1.29 is 19.1 Å². The lowest BCUT2D eigenvalue weighted by Gasteiger charge is -2.31. The van der Waals surface area contributed by atoms with Gasteiger partial charge in [-0.25, -0.2) is 0 Å². The maximum Gasteiger partial charge on any atom is 0.310 e. The molecule has 1 atom stereocenters. The minimum atomic E-state index is -0.119. The number of fused-ring (bicyclic) bond motifs is 2. The van der Waals surface area contributed by atoms with Crippen LogP contribution >= 0.6 is 0 Å². The second-order valence-electron chi connectivity index (χ2n) is 8.31. The van der Waals surface area contributed by atoms with Gasteiger partial charge in [0.25, 0.3) is 5.91 Å². The summed E-state index contributed by atoms with van der Waals surface area (Å²) in [7, 11) is 0. The summed E-state index contributed by atoms with van der Waals surface area (Å²) in [5.74, 6) is 0.417. The van der Waals surface area contributed by atoms with E-state index in [1.807, 2.05) is 31.2 Å². The van der Waals surface area contributed by atoms with Gasteiger partial charge in [0.05, 0.1) is 18.1 Å². The fourth-order valence-electron chi connectivity index (χ4n) is 4.77. The Morgan fingerprint density at radius 2 is 2.10 bits per heavy atom. The molecule has 0 aromatic heterocycles. The van der Waals surface area contributed by atoms with Crippen LogP contribution in [-0.2, 0) is 32.2 Å². The summed E-state index contributed by atoms with van der Waals surface area (Å²) < 4.78 is 11.2. The van der Waals surface area contributed by atoms with Crippen molar-refractivity contribution in [1.29, 1.82) is 0 Å². The predicted molar refractivity (Wildman–Crippen MR) is 118 cm³/mol. The molecule has 6 heteroatoms. The average molecular weight is 418 g/mol. The van der Waals surface area contributed by atoms with Crippen LogP contribution in [0.4, 0.5) is 5.69 Å². The number of ether oxygens (including phenoxy) is 2. The molecule has 1 unspecified atom stereocenters. The van der Waals surface area contributed by atoms with Crippen LogP contribution in [0.15, 0.2) is 42.5 Å². The molecule has 0 radical (unpaired) electrons. The summed E-state index contributed by atoms with van der Waals surface area (Å²) in [6.45, 7) is 5.25. The van der Waals surface area contributed by atoms with E-state index in [4.69, 9.17) is 9.47 Å². The summed E-state index contributed by atoms with van der Waals surface area (Å²) in [4.78, 5) is 27.0. The minimum absolute atomic E-state index is 0.0382. The number of nitrogens with zero attached hydrogens (tertiary/aromatic N) is 1. The quantitative estimate of drug-likeness (QED) is 0.604. The smallest absolute Gasteiger partial charge is 0.310 e. The standard InChI is InChI=1S/C25H26N2O4/c1-2-30-25(29)17-6-5-11-27(14-17)13-16-9-10-19-18(12-16)15-31-23(19)22-20-7-3-4-8-21(20)26-24(22)28/h3-4,7-10,12,17H,2,5-6,11,13-15H2,1H3,(H,26,28)/b23-22+. The van der Waals surface area contributed by atoms with Crippen molar-refractivity contribution >= 4 is 28.9 Å². The molecular formula is C25H26N2O4. The molecule has 1 N–H and O–H groups in total. The maximum absolute atomic E-state index is 12.6. The second kappa shape index (κ2) is 8.19. The van der Waals surface area contributed by atoms with Crippen LogP contribution < -0.4 is 5.32 Å². The van der Waals surface area contributed by atoms with Gasteiger partial charge in [0, 0.05) is 35.5 Å². The molecule has 1 amide bonds. The number of hydrogen-bond donors (Lipinski definition) is 1. The number of anilines is 1. The summed E-state index contributed by atoms with van der Waals surface area (Å²) in [5.41, 5.74) is 5.58. The van der Waals surface area contributed by atoms with Gasteiger partial charge in [-0.1, -0.05) is 36.4 Å². The maximum atomic E-state index is 12.6. The van der Waals surface area contributed by atoms with E-state index in [2.05, 4.69) is 28.4 Å². The molecule has 2 aromatic rings. The highest BCUT2D eigenvalue weighted by molar-refractivity contribution is 6.36. The second-order valence-corrected chi connectivity index (χ2v) is 8.31. The molecule has 2 aromatic carbocycles. The molecule has 1 saturated heterocycles. The van der Waals surface area contributed by atoms with E-state index >= 15 is 0 Å². The van der Waals surface area contributed by atoms with Crippen LogP contribution in [0.5, 0.6) is 0 Å². The minimum Gasteiger partial charge on any atom is -0.487 e. The van der Waals surface area contributed by atoms with Crippen molar-refractivity contribution in [2.75, 3.05) is 25.0 Å². The van der Waals surface area contributed by atoms with E-state index < -0.39 is 0 Å². The normalized spacial score (nSPS) is 22.5. The van der Waals surface area contributed by atoms with Gasteiger partial charge >= 0.3 is 5.97 Å². The zero-order valence-corrected chi connectivity index (χ0v) is 17.6. The van der Waals surface area contributed by atoms with Crippen molar-refractivity contribution in [3.63, 3.8) is 0 Å². The summed E-state index contributed by atoms with van der Waals surface area (Å²) >= 11 is 0. The van der Waals surface area contributed by atoms with Crippen LogP contribution in [-0.4, -0.2) is 36.5 Å². The molecule has 6 nitrogen and oxygen atoms in total. The monoisotopic (exact) mass is 418 g/mol. The highest BCUT2D eigenvalue weighted by atomic mass is 16.5. The lowest BCUT2D eigenvalue weighted by Crippen LogP contribution is -2.38. The molecular weight excluding hydrogens is 392 g/mol. The Kier molecular flexibility index (Phi) is 5.24. The Morgan fingerprint density at radius 3 is 2.97 bits per heavy atom. The van der Waals surface area contributed by atoms with Crippen LogP contribution in [0.1, 0.15) is 42.0 Å². The molecule has 31 heavy (non-hydrogen) atoms. The topological polar surface area (TPSA) is 67.9 Å². The number of piperidine rings is 1. The molecule has 0 bridgehead atoms. The molecule has 3 heterocycles. The SMILES string of the molecule is CCOC(=O)C1CCCN(Cc2ccc3c(c2)CO/C3=C2/C(=O)Nc3ccccc32)C1. The number of rotatable bonds is 4. The van der Waals surface area contributed by atoms with Crippen molar-refractivity contribution in [3.8, 4) is 0 Å². The Labute approximate surface area is 181 Å². The van der Waals surface area contributed by atoms with Gasteiger partial charge in [0.2, 0.25) is 0 Å². The fraction of sp³-hybridized carbons (Fsp3) is 0.360. The van der Waals surface area contributed by atoms with Gasteiger partial charge in [-0.15, -0.1) is 0 Å². The number of amides is 1. The van der Waals surface area contributed by atoms with E-state index in [-0.39, 0.29) is 17.8 Å². The molecule has 0 saturated carbocycles. The van der Waals surface area contributed by atoms with Gasteiger partial charge in [-0.3, -0.25) is 14.5 Å². The summed E-state index contributed by atoms with van der Waals surface area (Å²) in [6, 6.07) is 14.0. The van der Waals surface area contributed by atoms with E-state index in [0.29, 0.717) is 24.5 Å². The fourth-order valence-corrected chi connectivity index (χ4v) is 4.77. The third-order valence-electron chi connectivity index (χ3n) is 6.22. The zero-order chi connectivity index (χ0) is 21.4. The van der Waals surface area contributed by atoms with Gasteiger partial charge < -0.3 is 14.8 Å². The number of hydrogen-bond acceptors (Lipinski definition) is 5. The Morgan fingerprint density at radius 1 is 1.23 bits per heavy atom. The molecule has 3 aliphatic heterocycles. The molecule has 5 rings (SSSR count). The summed E-state index contributed by atoms with van der Waals surface area (Å²) in [6.07, 6.45) is 1.90. The van der Waals surface area contributed by atoms with Gasteiger partial charge in [-0.05, 0) is 37.9 Å². The molecule has 0 aliphatic carbocycles. The number of likely N-dealkylation sites (tertiary alicyclic amines) is 1. The van der Waals surface area contributed by atoms with Crippen LogP contribution in [0.25, 0.3) is 11.3 Å². The third-order valence-corrected chi connectivity index (χ3v) is 6.22. The highest BCUT2D eigenvalue weighted by Crippen LogP contribution is 2.41. The Balaban J connectivity index is 1.36. The van der Waals surface area contributed by atoms with Gasteiger partial charge in [0.1, 0.15) is 12.4 Å². The van der Waals surface area contributed by atoms with Crippen LogP contribution in [0.3, 0.4) is 0 Å². The number of para-hydroxylation sites is 1. The number of carbonyl (C=O) groups excluding carboxylic acids is 2. The van der Waals surface area contributed by atoms with Crippen LogP contribution in [0.2, 0.25) is 0 Å². The predicted octanol–water partition coefficient (Wildman–Crippen LogP) is 3.81. The number of benzene rings is 2. The molecule has 3 aliphatic rings. The first-order valence-corrected chi connectivity index (χ1v) is 10.9. The van der Waals surface area contributed by atoms with Crippen molar-refractivity contribution in [3.05, 3.63) is 64.7 Å². The Hall–Kier alpha value is -3.12. The van der Waals surface area contributed by atoms with Gasteiger partial charge in [0.15, 0.2) is 0 Å². The van der Waals surface area contributed by atoms with Crippen molar-refractivity contribution in [2.24, 2.45) is 5.92 Å². The first kappa shape index (κ1) is 19.8. The molecule has 1 fully saturated rings. The van der Waals surface area contributed by atoms with Gasteiger partial charge in [-0.2, -0.15) is 0 Å². The van der Waals surface area contributed by atoms with Crippen molar-refractivity contribution in [2.45, 2.75) is 32.9 Å². The highest BCUT2D eigenvalue weighted by Gasteiger charge is 2.32. The van der Waals surface area contributed by atoms with E-state index in [9.17, 15) is 9.59 Å². The lowest BCUT2D eigenvalue weighted by molar-refractivity contribution is -0.150. The lowest BCUT2D eigenvalue weighted by atomic mass is 9.96. The molecule has 160 valence electrons. The first-order valence-electron chi connectivity index (χ1n) is 10.9. The Bertz CT molecular complexity index is 1070. The number of carbonyl (C=O) groups is 2. The first-order chi connectivity index (χ1) is 15.1. The van der Waals surface area contributed by atoms with E-state index in [1.54, 1.807) is 0 Å². The number of nitrogens with one attached hydrogen (secondary N) is 1. The number of esters is 1.